The van der Waals surface area contributed by atoms with Crippen LogP contribution in [-0.2, 0) is 24.2 Å². The molecule has 0 aliphatic rings. The van der Waals surface area contributed by atoms with Crippen LogP contribution in [0.25, 0.3) is 0 Å². The SMILES string of the molecule is CCCn1c(Cc2ccccc2)nnc1SCC(=O)Nc1c(C)cc(Br)cc1CC. The molecule has 0 atom stereocenters. The number of aryl methyl sites for hydroxylation is 2. The monoisotopic (exact) mass is 486 g/mol. The van der Waals surface area contributed by atoms with Crippen LogP contribution in [0.1, 0.15) is 42.8 Å². The number of halogens is 1. The van der Waals surface area contributed by atoms with Crippen molar-refractivity contribution >= 4 is 39.3 Å². The van der Waals surface area contributed by atoms with E-state index in [0.717, 1.165) is 58.1 Å². The first-order valence-corrected chi connectivity index (χ1v) is 12.0. The quantitative estimate of drug-likeness (QED) is 0.397. The normalized spacial score (nSPS) is 10.9. The Morgan fingerprint density at radius 1 is 1.17 bits per heavy atom. The van der Waals surface area contributed by atoms with Crippen LogP contribution < -0.4 is 5.32 Å². The Morgan fingerprint density at radius 2 is 1.93 bits per heavy atom. The molecule has 1 amide bonds. The van der Waals surface area contributed by atoms with Gasteiger partial charge >= 0.3 is 0 Å². The third-order valence-corrected chi connectivity index (χ3v) is 6.23. The fraction of sp³-hybridized carbons (Fsp3) is 0.348. The van der Waals surface area contributed by atoms with E-state index in [1.165, 1.54) is 17.3 Å². The van der Waals surface area contributed by atoms with Gasteiger partial charge in [-0.15, -0.1) is 10.2 Å². The van der Waals surface area contributed by atoms with E-state index in [9.17, 15) is 4.79 Å². The first-order chi connectivity index (χ1) is 14.5. The number of anilines is 1. The minimum Gasteiger partial charge on any atom is -0.325 e. The van der Waals surface area contributed by atoms with Gasteiger partial charge in [-0.2, -0.15) is 0 Å². The van der Waals surface area contributed by atoms with Gasteiger partial charge in [-0.3, -0.25) is 4.79 Å². The van der Waals surface area contributed by atoms with Gasteiger partial charge in [0, 0.05) is 23.1 Å². The zero-order valence-corrected chi connectivity index (χ0v) is 20.0. The number of rotatable bonds is 9. The van der Waals surface area contributed by atoms with Crippen molar-refractivity contribution in [1.29, 1.82) is 0 Å². The molecule has 0 unspecified atom stereocenters. The van der Waals surface area contributed by atoms with Gasteiger partial charge in [0.1, 0.15) is 5.82 Å². The van der Waals surface area contributed by atoms with E-state index >= 15 is 0 Å². The number of hydrogen-bond acceptors (Lipinski definition) is 4. The van der Waals surface area contributed by atoms with E-state index in [4.69, 9.17) is 0 Å². The number of benzene rings is 2. The number of carbonyl (C=O) groups is 1. The summed E-state index contributed by atoms with van der Waals surface area (Å²) in [7, 11) is 0. The highest BCUT2D eigenvalue weighted by atomic mass is 79.9. The van der Waals surface area contributed by atoms with Crippen molar-refractivity contribution in [3.63, 3.8) is 0 Å². The lowest BCUT2D eigenvalue weighted by atomic mass is 10.1. The lowest BCUT2D eigenvalue weighted by Crippen LogP contribution is -2.17. The van der Waals surface area contributed by atoms with Crippen LogP contribution in [0.4, 0.5) is 5.69 Å². The molecule has 3 rings (SSSR count). The fourth-order valence-electron chi connectivity index (χ4n) is 3.36. The summed E-state index contributed by atoms with van der Waals surface area (Å²) in [6.45, 7) is 7.08. The minimum atomic E-state index is -0.0317. The molecule has 30 heavy (non-hydrogen) atoms. The first-order valence-electron chi connectivity index (χ1n) is 10.2. The van der Waals surface area contributed by atoms with Gasteiger partial charge < -0.3 is 9.88 Å². The maximum Gasteiger partial charge on any atom is 0.234 e. The lowest BCUT2D eigenvalue weighted by molar-refractivity contribution is -0.113. The van der Waals surface area contributed by atoms with Crippen LogP contribution in [-0.4, -0.2) is 26.4 Å². The van der Waals surface area contributed by atoms with Gasteiger partial charge in [-0.05, 0) is 48.6 Å². The highest BCUT2D eigenvalue weighted by Crippen LogP contribution is 2.27. The molecule has 5 nitrogen and oxygen atoms in total. The zero-order valence-electron chi connectivity index (χ0n) is 17.6. The number of hydrogen-bond donors (Lipinski definition) is 1. The number of thioether (sulfide) groups is 1. The predicted octanol–water partition coefficient (Wildman–Crippen LogP) is 5.64. The van der Waals surface area contributed by atoms with Gasteiger partial charge in [-0.1, -0.05) is 71.9 Å². The van der Waals surface area contributed by atoms with E-state index in [1.54, 1.807) is 0 Å². The van der Waals surface area contributed by atoms with E-state index in [-0.39, 0.29) is 5.91 Å². The van der Waals surface area contributed by atoms with Crippen LogP contribution in [0, 0.1) is 6.92 Å². The number of nitrogens with one attached hydrogen (secondary N) is 1. The predicted molar refractivity (Wildman–Crippen MR) is 127 cm³/mol. The Hall–Kier alpha value is -2.12. The van der Waals surface area contributed by atoms with Gasteiger partial charge in [0.25, 0.3) is 0 Å². The van der Waals surface area contributed by atoms with Crippen molar-refractivity contribution in [2.45, 2.75) is 51.7 Å². The standard InChI is InChI=1S/C23H27BrN4OS/c1-4-11-28-20(13-17-9-7-6-8-10-17)26-27-23(28)30-15-21(29)25-22-16(3)12-19(24)14-18(22)5-2/h6-10,12,14H,4-5,11,13,15H2,1-3H3,(H,25,29). The van der Waals surface area contributed by atoms with Crippen LogP contribution in [0.5, 0.6) is 0 Å². The van der Waals surface area contributed by atoms with Gasteiger partial charge in [0.15, 0.2) is 5.16 Å². The molecule has 2 aromatic carbocycles. The molecule has 1 N–H and O–H groups in total. The van der Waals surface area contributed by atoms with Crippen LogP contribution in [0.2, 0.25) is 0 Å². The fourth-order valence-corrected chi connectivity index (χ4v) is 4.76. The Bertz CT molecular complexity index is 1000. The van der Waals surface area contributed by atoms with E-state index in [1.807, 2.05) is 31.2 Å². The van der Waals surface area contributed by atoms with Crippen molar-refractivity contribution in [3.8, 4) is 0 Å². The summed E-state index contributed by atoms with van der Waals surface area (Å²) in [6.07, 6.45) is 2.58. The average molecular weight is 487 g/mol. The van der Waals surface area contributed by atoms with Crippen LogP contribution in [0.15, 0.2) is 52.1 Å². The summed E-state index contributed by atoms with van der Waals surface area (Å²) >= 11 is 4.97. The molecule has 0 saturated heterocycles. The van der Waals surface area contributed by atoms with Gasteiger partial charge in [0.05, 0.1) is 5.75 Å². The molecule has 0 aliphatic heterocycles. The minimum absolute atomic E-state index is 0.0317. The summed E-state index contributed by atoms with van der Waals surface area (Å²) in [6, 6.07) is 14.3. The van der Waals surface area contributed by atoms with Crippen LogP contribution in [0.3, 0.4) is 0 Å². The molecule has 1 aromatic heterocycles. The van der Waals surface area contributed by atoms with E-state index < -0.39 is 0 Å². The maximum absolute atomic E-state index is 12.7. The van der Waals surface area contributed by atoms with Gasteiger partial charge in [-0.25, -0.2) is 0 Å². The maximum atomic E-state index is 12.7. The van der Waals surface area contributed by atoms with E-state index in [2.05, 4.69) is 68.1 Å². The molecule has 3 aromatic rings. The molecule has 0 spiro atoms. The van der Waals surface area contributed by atoms with Crippen molar-refractivity contribution in [1.82, 2.24) is 14.8 Å². The molecule has 1 heterocycles. The summed E-state index contributed by atoms with van der Waals surface area (Å²) in [5.74, 6) is 1.20. The molecule has 7 heteroatoms. The molecule has 0 radical (unpaired) electrons. The van der Waals surface area contributed by atoms with Crippen molar-refractivity contribution in [3.05, 3.63) is 69.5 Å². The van der Waals surface area contributed by atoms with E-state index in [0.29, 0.717) is 5.75 Å². The summed E-state index contributed by atoms with van der Waals surface area (Å²) < 4.78 is 3.16. The van der Waals surface area contributed by atoms with Crippen molar-refractivity contribution in [2.24, 2.45) is 0 Å². The molecule has 0 saturated carbocycles. The third kappa shape index (κ3) is 5.73. The molecule has 0 aliphatic carbocycles. The smallest absolute Gasteiger partial charge is 0.234 e. The van der Waals surface area contributed by atoms with Crippen LogP contribution >= 0.6 is 27.7 Å². The third-order valence-electron chi connectivity index (χ3n) is 4.81. The second kappa shape index (κ2) is 10.8. The Balaban J connectivity index is 1.69. The topological polar surface area (TPSA) is 59.8 Å². The molecule has 0 bridgehead atoms. The summed E-state index contributed by atoms with van der Waals surface area (Å²) in [4.78, 5) is 12.7. The number of amides is 1. The highest BCUT2D eigenvalue weighted by molar-refractivity contribution is 9.10. The molecular weight excluding hydrogens is 460 g/mol. The van der Waals surface area contributed by atoms with Crippen molar-refractivity contribution in [2.75, 3.05) is 11.1 Å². The highest BCUT2D eigenvalue weighted by Gasteiger charge is 2.15. The molecular formula is C23H27BrN4OS. The first kappa shape index (κ1) is 22.6. The molecule has 158 valence electrons. The Morgan fingerprint density at radius 3 is 2.63 bits per heavy atom. The van der Waals surface area contributed by atoms with Gasteiger partial charge in [0.2, 0.25) is 5.91 Å². The summed E-state index contributed by atoms with van der Waals surface area (Å²) in [5, 5.41) is 12.6. The second-order valence-corrected chi connectivity index (χ2v) is 9.02. The Kier molecular flexibility index (Phi) is 8.10. The summed E-state index contributed by atoms with van der Waals surface area (Å²) in [5.41, 5.74) is 4.29. The number of aromatic nitrogens is 3. The zero-order chi connectivity index (χ0) is 21.5. The Labute approximate surface area is 190 Å². The average Bonchev–Trinajstić information content (AvgIpc) is 3.10. The van der Waals surface area contributed by atoms with Crippen molar-refractivity contribution < 1.29 is 4.79 Å². The number of nitrogens with zero attached hydrogens (tertiary/aromatic N) is 3. The number of carbonyl (C=O) groups excluding carboxylic acids is 1. The molecule has 0 fully saturated rings. The largest absolute Gasteiger partial charge is 0.325 e. The second-order valence-electron chi connectivity index (χ2n) is 7.16. The lowest BCUT2D eigenvalue weighted by Gasteiger charge is -2.14.